The van der Waals surface area contributed by atoms with Gasteiger partial charge in [0.1, 0.15) is 0 Å². The van der Waals surface area contributed by atoms with E-state index < -0.39 is 9.84 Å². The van der Waals surface area contributed by atoms with E-state index in [1.807, 2.05) is 12.1 Å². The lowest BCUT2D eigenvalue weighted by Gasteiger charge is -2.10. The van der Waals surface area contributed by atoms with Gasteiger partial charge in [0.15, 0.2) is 9.84 Å². The third-order valence-electron chi connectivity index (χ3n) is 3.01. The smallest absolute Gasteiger partial charge is 0.340 e. The fraction of sp³-hybridized carbons (Fsp3) is 0.500. The Morgan fingerprint density at radius 1 is 1.17 bits per heavy atom. The number of sulfone groups is 1. The average Bonchev–Trinajstić information content (AvgIpc) is 2.50. The van der Waals surface area contributed by atoms with Crippen LogP contribution in [0.15, 0.2) is 12.1 Å². The van der Waals surface area contributed by atoms with Crippen molar-refractivity contribution >= 4 is 83.6 Å². The SMILES string of the molecule is CCS(=O)(=O)CCNCCCOC(=O)c1c(I)ccc(I)c1I. The van der Waals surface area contributed by atoms with E-state index in [4.69, 9.17) is 4.74 Å². The summed E-state index contributed by atoms with van der Waals surface area (Å²) < 4.78 is 30.7. The summed E-state index contributed by atoms with van der Waals surface area (Å²) in [7, 11) is -2.93. The third-order valence-corrected chi connectivity index (χ3v) is 8.67. The van der Waals surface area contributed by atoms with Crippen LogP contribution in [0.2, 0.25) is 0 Å². The van der Waals surface area contributed by atoms with Crippen molar-refractivity contribution < 1.29 is 17.9 Å². The molecule has 0 fully saturated rings. The van der Waals surface area contributed by atoms with E-state index in [9.17, 15) is 13.2 Å². The van der Waals surface area contributed by atoms with Crippen molar-refractivity contribution in [3.05, 3.63) is 28.4 Å². The minimum absolute atomic E-state index is 0.141. The molecule has 9 heteroatoms. The predicted molar refractivity (Wildman–Crippen MR) is 117 cm³/mol. The molecule has 0 radical (unpaired) electrons. The molecule has 0 saturated heterocycles. The van der Waals surface area contributed by atoms with Crippen LogP contribution in [0, 0.1) is 10.7 Å². The third kappa shape index (κ3) is 7.69. The maximum atomic E-state index is 12.2. The number of esters is 1. The molecule has 0 aliphatic carbocycles. The molecule has 1 rings (SSSR count). The fourth-order valence-electron chi connectivity index (χ4n) is 1.65. The molecule has 0 aliphatic heterocycles. The second kappa shape index (κ2) is 10.7. The number of carbonyl (C=O) groups is 1. The van der Waals surface area contributed by atoms with Crippen molar-refractivity contribution in [3.63, 3.8) is 0 Å². The molecule has 1 aromatic carbocycles. The summed E-state index contributed by atoms with van der Waals surface area (Å²) in [6.07, 6.45) is 0.648. The first-order valence-corrected chi connectivity index (χ1v) is 12.1. The van der Waals surface area contributed by atoms with Crippen LogP contribution >= 0.6 is 67.8 Å². The van der Waals surface area contributed by atoms with E-state index in [1.165, 1.54) is 0 Å². The van der Waals surface area contributed by atoms with Gasteiger partial charge in [-0.25, -0.2) is 13.2 Å². The molecule has 5 nitrogen and oxygen atoms in total. The summed E-state index contributed by atoms with van der Waals surface area (Å²) in [5, 5.41) is 3.05. The molecule has 0 aliphatic rings. The van der Waals surface area contributed by atoms with Gasteiger partial charge in [-0.15, -0.1) is 0 Å². The lowest BCUT2D eigenvalue weighted by atomic mass is 10.2. The van der Waals surface area contributed by atoms with E-state index in [0.717, 1.165) is 10.7 Å². The first kappa shape index (κ1) is 21.8. The first-order chi connectivity index (χ1) is 10.8. The zero-order chi connectivity index (χ0) is 17.5. The predicted octanol–water partition coefficient (Wildman–Crippen LogP) is 3.07. The van der Waals surface area contributed by atoms with E-state index in [0.29, 0.717) is 31.7 Å². The fourth-order valence-corrected chi connectivity index (χ4v) is 4.72. The van der Waals surface area contributed by atoms with Gasteiger partial charge < -0.3 is 10.1 Å². The van der Waals surface area contributed by atoms with Crippen molar-refractivity contribution in [2.45, 2.75) is 13.3 Å². The molecular formula is C14H18I3NO4S. The van der Waals surface area contributed by atoms with Gasteiger partial charge >= 0.3 is 5.97 Å². The second-order valence-electron chi connectivity index (χ2n) is 4.69. The van der Waals surface area contributed by atoms with Crippen LogP contribution in [0.25, 0.3) is 0 Å². The number of ether oxygens (including phenoxy) is 1. The van der Waals surface area contributed by atoms with E-state index in [-0.39, 0.29) is 17.5 Å². The van der Waals surface area contributed by atoms with Gasteiger partial charge in [-0.05, 0) is 92.9 Å². The van der Waals surface area contributed by atoms with Crippen LogP contribution in [-0.2, 0) is 14.6 Å². The van der Waals surface area contributed by atoms with Gasteiger partial charge in [0.25, 0.3) is 0 Å². The Morgan fingerprint density at radius 2 is 1.83 bits per heavy atom. The first-order valence-electron chi connectivity index (χ1n) is 7.00. The number of benzene rings is 1. The number of carbonyl (C=O) groups excluding carboxylic acids is 1. The summed E-state index contributed by atoms with van der Waals surface area (Å²) in [6.45, 7) is 3.00. The normalized spacial score (nSPS) is 11.5. The zero-order valence-corrected chi connectivity index (χ0v) is 19.9. The summed E-state index contributed by atoms with van der Waals surface area (Å²) in [4.78, 5) is 12.2. The number of halogens is 3. The highest BCUT2D eigenvalue weighted by Crippen LogP contribution is 2.25. The molecular weight excluding hydrogens is 659 g/mol. The van der Waals surface area contributed by atoms with Gasteiger partial charge in [0.2, 0.25) is 0 Å². The molecule has 1 aromatic rings. The highest BCUT2D eigenvalue weighted by atomic mass is 127. The minimum atomic E-state index is -2.93. The average molecular weight is 677 g/mol. The highest BCUT2D eigenvalue weighted by Gasteiger charge is 2.17. The maximum Gasteiger partial charge on any atom is 0.340 e. The summed E-state index contributed by atoms with van der Waals surface area (Å²) in [6, 6.07) is 3.87. The van der Waals surface area contributed by atoms with Crippen molar-refractivity contribution in [1.82, 2.24) is 5.32 Å². The number of nitrogens with one attached hydrogen (secondary N) is 1. The number of hydrogen-bond donors (Lipinski definition) is 1. The lowest BCUT2D eigenvalue weighted by molar-refractivity contribution is 0.0498. The zero-order valence-electron chi connectivity index (χ0n) is 12.6. The van der Waals surface area contributed by atoms with E-state index in [1.54, 1.807) is 6.92 Å². The largest absolute Gasteiger partial charge is 0.462 e. The van der Waals surface area contributed by atoms with Crippen molar-refractivity contribution in [2.24, 2.45) is 0 Å². The van der Waals surface area contributed by atoms with Gasteiger partial charge in [-0.1, -0.05) is 6.92 Å². The Morgan fingerprint density at radius 3 is 2.48 bits per heavy atom. The monoisotopic (exact) mass is 677 g/mol. The molecule has 130 valence electrons. The van der Waals surface area contributed by atoms with Crippen LogP contribution in [0.5, 0.6) is 0 Å². The van der Waals surface area contributed by atoms with Crippen molar-refractivity contribution in [2.75, 3.05) is 31.2 Å². The Hall–Kier alpha value is 0.790. The van der Waals surface area contributed by atoms with E-state index >= 15 is 0 Å². The van der Waals surface area contributed by atoms with Gasteiger partial charge in [-0.3, -0.25) is 0 Å². The van der Waals surface area contributed by atoms with Crippen LogP contribution in [-0.4, -0.2) is 45.6 Å². The second-order valence-corrected chi connectivity index (χ2v) is 10.6. The van der Waals surface area contributed by atoms with E-state index in [2.05, 4.69) is 73.1 Å². The quantitative estimate of drug-likeness (QED) is 0.189. The molecule has 1 N–H and O–H groups in total. The minimum Gasteiger partial charge on any atom is -0.462 e. The molecule has 0 spiro atoms. The Balaban J connectivity index is 2.32. The van der Waals surface area contributed by atoms with Crippen LogP contribution in [0.3, 0.4) is 0 Å². The standard InChI is InChI=1S/C14H18I3NO4S/c1-2-23(20,21)9-7-18-6-3-8-22-14(19)12-10(15)4-5-11(16)13(12)17/h4-5,18H,2-3,6-9H2,1H3. The summed E-state index contributed by atoms with van der Waals surface area (Å²) in [5.41, 5.74) is 0.611. The molecule has 0 amide bonds. The van der Waals surface area contributed by atoms with Crippen molar-refractivity contribution in [1.29, 1.82) is 0 Å². The van der Waals surface area contributed by atoms with Crippen LogP contribution in [0.4, 0.5) is 0 Å². The Bertz CT molecular complexity index is 650. The van der Waals surface area contributed by atoms with Crippen LogP contribution < -0.4 is 5.32 Å². The molecule has 23 heavy (non-hydrogen) atoms. The number of rotatable bonds is 9. The summed E-state index contributed by atoms with van der Waals surface area (Å²) >= 11 is 6.48. The Labute approximate surface area is 178 Å². The molecule has 0 heterocycles. The van der Waals surface area contributed by atoms with Gasteiger partial charge in [0, 0.05) is 23.0 Å². The molecule has 0 atom stereocenters. The molecule has 0 saturated carbocycles. The van der Waals surface area contributed by atoms with Gasteiger partial charge in [-0.2, -0.15) is 0 Å². The highest BCUT2D eigenvalue weighted by molar-refractivity contribution is 14.1. The topological polar surface area (TPSA) is 72.5 Å². The van der Waals surface area contributed by atoms with Gasteiger partial charge in [0.05, 0.1) is 17.9 Å². The number of hydrogen-bond acceptors (Lipinski definition) is 5. The Kier molecular flexibility index (Phi) is 10.2. The molecule has 0 unspecified atom stereocenters. The molecule has 0 aromatic heterocycles. The molecule has 0 bridgehead atoms. The summed E-state index contributed by atoms with van der Waals surface area (Å²) in [5.74, 6) is -0.00689. The maximum absolute atomic E-state index is 12.2. The lowest BCUT2D eigenvalue weighted by Crippen LogP contribution is -2.25. The van der Waals surface area contributed by atoms with Crippen LogP contribution in [0.1, 0.15) is 23.7 Å². The van der Waals surface area contributed by atoms with Crippen molar-refractivity contribution in [3.8, 4) is 0 Å².